The molecule has 0 bridgehead atoms. The maximum atomic E-state index is 12.8. The van der Waals surface area contributed by atoms with Crippen LogP contribution in [0.15, 0.2) is 41.8 Å². The van der Waals surface area contributed by atoms with E-state index >= 15 is 0 Å². The van der Waals surface area contributed by atoms with Crippen LogP contribution in [0.1, 0.15) is 16.5 Å². The fraction of sp³-hybridized carbons (Fsp3) is 0.154. The molecule has 18 heavy (non-hydrogen) atoms. The Balaban J connectivity index is 2.08. The number of carbonyl (C=O) groups is 1. The third-order valence-corrected chi connectivity index (χ3v) is 3.39. The highest BCUT2D eigenvalue weighted by atomic mass is 32.1. The Bertz CT molecular complexity index is 510. The predicted molar refractivity (Wildman–Crippen MR) is 67.9 cm³/mol. The molecular formula is C13H12FNO2S. The molecule has 2 aromatic rings. The van der Waals surface area contributed by atoms with E-state index in [9.17, 15) is 14.3 Å². The molecule has 1 aromatic carbocycles. The topological polar surface area (TPSA) is 49.3 Å². The van der Waals surface area contributed by atoms with Crippen molar-refractivity contribution in [1.82, 2.24) is 5.32 Å². The van der Waals surface area contributed by atoms with Crippen molar-refractivity contribution in [2.24, 2.45) is 0 Å². The Morgan fingerprint density at radius 3 is 2.61 bits per heavy atom. The van der Waals surface area contributed by atoms with E-state index in [0.29, 0.717) is 12.1 Å². The Kier molecular flexibility index (Phi) is 4.07. The summed E-state index contributed by atoms with van der Waals surface area (Å²) in [5.74, 6) is -1.35. The molecule has 2 N–H and O–H groups in total. The van der Waals surface area contributed by atoms with Crippen molar-refractivity contribution in [3.05, 3.63) is 58.0 Å². The summed E-state index contributed by atoms with van der Waals surface area (Å²) in [5, 5.41) is 14.1. The second-order valence-corrected chi connectivity index (χ2v) is 4.82. The van der Waals surface area contributed by atoms with Gasteiger partial charge in [0, 0.05) is 11.4 Å². The van der Waals surface area contributed by atoms with E-state index in [2.05, 4.69) is 5.32 Å². The van der Waals surface area contributed by atoms with Crippen LogP contribution in [0.3, 0.4) is 0 Å². The quantitative estimate of drug-likeness (QED) is 0.874. The van der Waals surface area contributed by atoms with Gasteiger partial charge in [-0.2, -0.15) is 0 Å². The van der Waals surface area contributed by atoms with Gasteiger partial charge in [-0.25, -0.2) is 4.39 Å². The molecule has 5 heteroatoms. The molecule has 1 atom stereocenters. The Morgan fingerprint density at radius 2 is 2.06 bits per heavy atom. The molecule has 0 aliphatic heterocycles. The second kappa shape index (κ2) is 5.75. The van der Waals surface area contributed by atoms with Crippen LogP contribution in [0.2, 0.25) is 0 Å². The van der Waals surface area contributed by atoms with Gasteiger partial charge in [-0.1, -0.05) is 18.2 Å². The number of thiophene rings is 1. The fourth-order valence-corrected chi connectivity index (χ4v) is 2.27. The zero-order valence-electron chi connectivity index (χ0n) is 9.47. The van der Waals surface area contributed by atoms with E-state index in [4.69, 9.17) is 0 Å². The van der Waals surface area contributed by atoms with Crippen LogP contribution in [0.25, 0.3) is 0 Å². The average Bonchev–Trinajstić information content (AvgIpc) is 2.84. The lowest BCUT2D eigenvalue weighted by Crippen LogP contribution is -2.27. The first-order valence-corrected chi connectivity index (χ1v) is 6.29. The van der Waals surface area contributed by atoms with Crippen LogP contribution in [0.4, 0.5) is 4.39 Å². The van der Waals surface area contributed by atoms with Gasteiger partial charge >= 0.3 is 5.97 Å². The summed E-state index contributed by atoms with van der Waals surface area (Å²) in [6.07, 6.45) is 0. The number of nitrogens with one attached hydrogen (secondary N) is 1. The van der Waals surface area contributed by atoms with Gasteiger partial charge in [-0.3, -0.25) is 10.1 Å². The number of halogens is 1. The smallest absolute Gasteiger partial charge is 0.325 e. The van der Waals surface area contributed by atoms with Gasteiger partial charge in [-0.05, 0) is 29.1 Å². The molecule has 1 unspecified atom stereocenters. The summed E-state index contributed by atoms with van der Waals surface area (Å²) in [7, 11) is 0. The SMILES string of the molecule is O=C(O)C(NCc1cccs1)c1ccc(F)cc1. The molecule has 0 fully saturated rings. The molecule has 0 saturated heterocycles. The zero-order valence-corrected chi connectivity index (χ0v) is 10.3. The van der Waals surface area contributed by atoms with Crippen LogP contribution in [0.5, 0.6) is 0 Å². The van der Waals surface area contributed by atoms with Crippen molar-refractivity contribution < 1.29 is 14.3 Å². The largest absolute Gasteiger partial charge is 0.480 e. The summed E-state index contributed by atoms with van der Waals surface area (Å²) >= 11 is 1.56. The number of aliphatic carboxylic acids is 1. The van der Waals surface area contributed by atoms with E-state index in [1.54, 1.807) is 11.3 Å². The van der Waals surface area contributed by atoms with E-state index in [-0.39, 0.29) is 5.82 Å². The lowest BCUT2D eigenvalue weighted by atomic mass is 10.1. The van der Waals surface area contributed by atoms with Crippen LogP contribution >= 0.6 is 11.3 Å². The number of benzene rings is 1. The number of carboxylic acids is 1. The zero-order chi connectivity index (χ0) is 13.0. The van der Waals surface area contributed by atoms with E-state index < -0.39 is 12.0 Å². The molecule has 0 amide bonds. The molecule has 0 saturated carbocycles. The predicted octanol–water partition coefficient (Wildman–Crippen LogP) is 2.80. The first-order chi connectivity index (χ1) is 8.66. The van der Waals surface area contributed by atoms with Gasteiger partial charge in [0.25, 0.3) is 0 Å². The Hall–Kier alpha value is -1.72. The van der Waals surface area contributed by atoms with Gasteiger partial charge in [0.15, 0.2) is 0 Å². The highest BCUT2D eigenvalue weighted by molar-refractivity contribution is 7.09. The first-order valence-electron chi connectivity index (χ1n) is 5.41. The van der Waals surface area contributed by atoms with Crippen molar-refractivity contribution in [1.29, 1.82) is 0 Å². The number of carboxylic acid groups (broad SMARTS) is 1. The molecular weight excluding hydrogens is 253 g/mol. The third kappa shape index (κ3) is 3.15. The van der Waals surface area contributed by atoms with Gasteiger partial charge < -0.3 is 5.11 Å². The summed E-state index contributed by atoms with van der Waals surface area (Å²) in [6.45, 7) is 0.478. The lowest BCUT2D eigenvalue weighted by molar-refractivity contribution is -0.139. The average molecular weight is 265 g/mol. The summed E-state index contributed by atoms with van der Waals surface area (Å²) in [6, 6.07) is 8.51. The van der Waals surface area contributed by atoms with Gasteiger partial charge in [0.05, 0.1) is 0 Å². The highest BCUT2D eigenvalue weighted by Gasteiger charge is 2.19. The summed E-state index contributed by atoms with van der Waals surface area (Å²) in [5.41, 5.74) is 0.542. The van der Waals surface area contributed by atoms with Crippen LogP contribution < -0.4 is 5.32 Å². The number of hydrogen-bond donors (Lipinski definition) is 2. The van der Waals surface area contributed by atoms with Crippen molar-refractivity contribution in [3.63, 3.8) is 0 Å². The molecule has 0 spiro atoms. The van der Waals surface area contributed by atoms with Crippen LogP contribution in [-0.2, 0) is 11.3 Å². The Morgan fingerprint density at radius 1 is 1.33 bits per heavy atom. The standard InChI is InChI=1S/C13H12FNO2S/c14-10-5-3-9(4-6-10)12(13(16)17)15-8-11-2-1-7-18-11/h1-7,12,15H,8H2,(H,16,17). The molecule has 0 aliphatic carbocycles. The van der Waals surface area contributed by atoms with Crippen LogP contribution in [0, 0.1) is 5.82 Å². The van der Waals surface area contributed by atoms with Gasteiger partial charge in [0.1, 0.15) is 11.9 Å². The molecule has 1 heterocycles. The van der Waals surface area contributed by atoms with Crippen molar-refractivity contribution in [2.45, 2.75) is 12.6 Å². The number of rotatable bonds is 5. The Labute approximate surface area is 108 Å². The van der Waals surface area contributed by atoms with E-state index in [0.717, 1.165) is 4.88 Å². The van der Waals surface area contributed by atoms with Gasteiger partial charge in [-0.15, -0.1) is 11.3 Å². The van der Waals surface area contributed by atoms with Crippen molar-refractivity contribution in [3.8, 4) is 0 Å². The fourth-order valence-electron chi connectivity index (χ4n) is 1.62. The van der Waals surface area contributed by atoms with E-state index in [1.807, 2.05) is 17.5 Å². The normalized spacial score (nSPS) is 12.3. The van der Waals surface area contributed by atoms with E-state index in [1.165, 1.54) is 24.3 Å². The summed E-state index contributed by atoms with van der Waals surface area (Å²) < 4.78 is 12.8. The first kappa shape index (κ1) is 12.7. The lowest BCUT2D eigenvalue weighted by Gasteiger charge is -2.14. The molecule has 0 radical (unpaired) electrons. The highest BCUT2D eigenvalue weighted by Crippen LogP contribution is 2.16. The monoisotopic (exact) mass is 265 g/mol. The van der Waals surface area contributed by atoms with Crippen LogP contribution in [-0.4, -0.2) is 11.1 Å². The maximum Gasteiger partial charge on any atom is 0.325 e. The maximum absolute atomic E-state index is 12.8. The molecule has 3 nitrogen and oxygen atoms in total. The second-order valence-electron chi connectivity index (χ2n) is 3.78. The minimum absolute atomic E-state index is 0.374. The molecule has 1 aromatic heterocycles. The molecule has 94 valence electrons. The van der Waals surface area contributed by atoms with Crippen molar-refractivity contribution in [2.75, 3.05) is 0 Å². The number of hydrogen-bond acceptors (Lipinski definition) is 3. The molecule has 2 rings (SSSR count). The summed E-state index contributed by atoms with van der Waals surface area (Å²) in [4.78, 5) is 12.3. The minimum atomic E-state index is -0.974. The third-order valence-electron chi connectivity index (χ3n) is 2.51. The minimum Gasteiger partial charge on any atom is -0.480 e. The van der Waals surface area contributed by atoms with Crippen molar-refractivity contribution >= 4 is 17.3 Å². The van der Waals surface area contributed by atoms with Gasteiger partial charge in [0.2, 0.25) is 0 Å². The molecule has 0 aliphatic rings.